The number of aliphatic hydroxyl groups excluding tert-OH is 3. The van der Waals surface area contributed by atoms with Gasteiger partial charge >= 0.3 is 5.97 Å². The molecular formula is C29H45FO5. The molecule has 3 fully saturated rings. The van der Waals surface area contributed by atoms with Crippen molar-refractivity contribution in [3.8, 4) is 0 Å². The Morgan fingerprint density at radius 1 is 1.20 bits per heavy atom. The summed E-state index contributed by atoms with van der Waals surface area (Å²) in [5, 5.41) is 30.6. The molecule has 0 amide bonds. The highest BCUT2D eigenvalue weighted by Gasteiger charge is 2.55. The van der Waals surface area contributed by atoms with Crippen molar-refractivity contribution in [2.75, 3.05) is 6.61 Å². The maximum atomic E-state index is 16.2. The molecule has 3 saturated carbocycles. The van der Waals surface area contributed by atoms with Gasteiger partial charge in [-0.15, -0.1) is 0 Å². The van der Waals surface area contributed by atoms with Crippen LogP contribution in [0.3, 0.4) is 0 Å². The number of rotatable bonds is 7. The average molecular weight is 493 g/mol. The first-order valence-corrected chi connectivity index (χ1v) is 13.3. The highest BCUT2D eigenvalue weighted by Crippen LogP contribution is 2.61. The van der Waals surface area contributed by atoms with E-state index in [1.165, 1.54) is 17.7 Å². The van der Waals surface area contributed by atoms with Gasteiger partial charge in [-0.1, -0.05) is 36.3 Å². The number of hydrogen-bond acceptors (Lipinski definition) is 5. The molecule has 7 atom stereocenters. The molecular weight excluding hydrogens is 447 g/mol. The van der Waals surface area contributed by atoms with Crippen LogP contribution in [0.25, 0.3) is 0 Å². The Kier molecular flexibility index (Phi) is 8.71. The third kappa shape index (κ3) is 6.08. The maximum absolute atomic E-state index is 16.2. The second-order valence-electron chi connectivity index (χ2n) is 12.0. The van der Waals surface area contributed by atoms with Gasteiger partial charge in [0.15, 0.2) is 0 Å². The van der Waals surface area contributed by atoms with Crippen molar-refractivity contribution >= 4 is 5.97 Å². The molecule has 3 aliphatic carbocycles. The van der Waals surface area contributed by atoms with Gasteiger partial charge < -0.3 is 20.1 Å². The summed E-state index contributed by atoms with van der Waals surface area (Å²) in [7, 11) is 0. The van der Waals surface area contributed by atoms with Crippen LogP contribution in [-0.4, -0.2) is 51.9 Å². The van der Waals surface area contributed by atoms with E-state index in [0.29, 0.717) is 25.2 Å². The summed E-state index contributed by atoms with van der Waals surface area (Å²) in [5.74, 6) is -0.399. The van der Waals surface area contributed by atoms with Crippen LogP contribution >= 0.6 is 0 Å². The molecule has 3 N–H and O–H groups in total. The van der Waals surface area contributed by atoms with E-state index in [1.54, 1.807) is 27.7 Å². The van der Waals surface area contributed by atoms with Crippen molar-refractivity contribution in [2.45, 2.75) is 110 Å². The quantitative estimate of drug-likeness (QED) is 0.336. The number of aliphatic hydroxyl groups is 3. The zero-order valence-corrected chi connectivity index (χ0v) is 22.1. The third-order valence-corrected chi connectivity index (χ3v) is 8.86. The molecule has 0 bridgehead atoms. The van der Waals surface area contributed by atoms with Crippen LogP contribution in [0, 0.1) is 22.7 Å². The van der Waals surface area contributed by atoms with Gasteiger partial charge in [0, 0.05) is 5.92 Å². The molecule has 0 aromatic rings. The third-order valence-electron chi connectivity index (χ3n) is 8.86. The Labute approximate surface area is 210 Å². The van der Waals surface area contributed by atoms with E-state index in [-0.39, 0.29) is 17.9 Å². The molecule has 3 rings (SSSR count). The topological polar surface area (TPSA) is 87.0 Å². The smallest absolute Gasteiger partial charge is 0.314 e. The van der Waals surface area contributed by atoms with Crippen LogP contribution in [-0.2, 0) is 9.53 Å². The minimum absolute atomic E-state index is 0.191. The largest absolute Gasteiger partial charge is 0.465 e. The van der Waals surface area contributed by atoms with Gasteiger partial charge in [-0.05, 0) is 96.5 Å². The number of carbonyl (C=O) groups excluding carboxylic acids is 1. The van der Waals surface area contributed by atoms with E-state index in [0.717, 1.165) is 37.7 Å². The predicted molar refractivity (Wildman–Crippen MR) is 135 cm³/mol. The number of fused-ring (bicyclic) bond motifs is 1. The minimum Gasteiger partial charge on any atom is -0.465 e. The highest BCUT2D eigenvalue weighted by molar-refractivity contribution is 5.77. The number of carbonyl (C=O) groups is 1. The minimum atomic E-state index is -1.62. The first-order valence-electron chi connectivity index (χ1n) is 13.3. The molecule has 6 heteroatoms. The molecule has 0 saturated heterocycles. The van der Waals surface area contributed by atoms with Crippen molar-refractivity contribution in [1.82, 2.24) is 0 Å². The summed E-state index contributed by atoms with van der Waals surface area (Å²) in [5.41, 5.74) is -0.551. The molecule has 0 aromatic carbocycles. The van der Waals surface area contributed by atoms with E-state index in [1.807, 2.05) is 0 Å². The van der Waals surface area contributed by atoms with Crippen molar-refractivity contribution < 1.29 is 29.2 Å². The number of allylic oxidation sites excluding steroid dienone is 4. The molecule has 0 heterocycles. The molecule has 0 radical (unpaired) electrons. The number of ether oxygens (including phenoxy) is 1. The van der Waals surface area contributed by atoms with Crippen molar-refractivity contribution in [1.29, 1.82) is 0 Å². The fraction of sp³-hybridized carbons (Fsp3) is 0.759. The van der Waals surface area contributed by atoms with E-state index < -0.39 is 35.4 Å². The lowest BCUT2D eigenvalue weighted by Crippen LogP contribution is -2.42. The first-order chi connectivity index (χ1) is 16.3. The van der Waals surface area contributed by atoms with Crippen LogP contribution in [0.2, 0.25) is 0 Å². The molecule has 198 valence electrons. The SMILES string of the molecule is CCOC(=O)C(C)(C)[C@@H](O)/C=C/[C@](C)(F)[C@H]1CC[C@H]2/C(=C/C=C3C[C@@H](O)C[C@H](O)C3)CCC[C@@]21C. The average Bonchev–Trinajstić information content (AvgIpc) is 3.14. The Morgan fingerprint density at radius 2 is 1.86 bits per heavy atom. The first kappa shape index (κ1) is 28.1. The lowest BCUT2D eigenvalue weighted by Gasteiger charge is -2.45. The Hall–Kier alpha value is -1.50. The van der Waals surface area contributed by atoms with Gasteiger partial charge in [0.25, 0.3) is 0 Å². The van der Waals surface area contributed by atoms with Crippen LogP contribution < -0.4 is 0 Å². The van der Waals surface area contributed by atoms with Crippen molar-refractivity contribution in [3.05, 3.63) is 35.5 Å². The molecule has 0 aliphatic heterocycles. The fourth-order valence-electron chi connectivity index (χ4n) is 6.77. The Morgan fingerprint density at radius 3 is 2.49 bits per heavy atom. The number of halogens is 1. The van der Waals surface area contributed by atoms with E-state index >= 15 is 4.39 Å². The molecule has 35 heavy (non-hydrogen) atoms. The Balaban J connectivity index is 1.76. The summed E-state index contributed by atoms with van der Waals surface area (Å²) in [6.45, 7) is 8.97. The van der Waals surface area contributed by atoms with Crippen molar-refractivity contribution in [3.63, 3.8) is 0 Å². The highest BCUT2D eigenvalue weighted by atomic mass is 19.1. The lowest BCUT2D eigenvalue weighted by molar-refractivity contribution is -0.158. The van der Waals surface area contributed by atoms with Gasteiger partial charge in [0.05, 0.1) is 30.3 Å². The van der Waals surface area contributed by atoms with E-state index in [9.17, 15) is 20.1 Å². The zero-order chi connectivity index (χ0) is 26.0. The van der Waals surface area contributed by atoms with E-state index in [4.69, 9.17) is 4.74 Å². The lowest BCUT2D eigenvalue weighted by atomic mass is 9.60. The van der Waals surface area contributed by atoms with Crippen LogP contribution in [0.1, 0.15) is 86.0 Å². The fourth-order valence-corrected chi connectivity index (χ4v) is 6.77. The molecule has 3 aliphatic rings. The van der Waals surface area contributed by atoms with Gasteiger partial charge in [-0.2, -0.15) is 0 Å². The maximum Gasteiger partial charge on any atom is 0.314 e. The summed E-state index contributed by atoms with van der Waals surface area (Å²) < 4.78 is 21.3. The van der Waals surface area contributed by atoms with Crippen LogP contribution in [0.4, 0.5) is 4.39 Å². The number of alkyl halides is 1. The second kappa shape index (κ2) is 10.9. The van der Waals surface area contributed by atoms with Crippen molar-refractivity contribution in [2.24, 2.45) is 22.7 Å². The predicted octanol–water partition coefficient (Wildman–Crippen LogP) is 5.20. The molecule has 0 aromatic heterocycles. The Bertz CT molecular complexity index is 845. The summed E-state index contributed by atoms with van der Waals surface area (Å²) in [6, 6.07) is 0. The normalized spacial score (nSPS) is 35.6. The van der Waals surface area contributed by atoms with Crippen LogP contribution in [0.5, 0.6) is 0 Å². The van der Waals surface area contributed by atoms with E-state index in [2.05, 4.69) is 19.1 Å². The van der Waals surface area contributed by atoms with Gasteiger partial charge in [-0.3, -0.25) is 4.79 Å². The molecule has 0 spiro atoms. The molecule has 0 unspecified atom stereocenters. The summed E-state index contributed by atoms with van der Waals surface area (Å²) in [4.78, 5) is 12.2. The van der Waals surface area contributed by atoms with Gasteiger partial charge in [-0.25, -0.2) is 4.39 Å². The van der Waals surface area contributed by atoms with Crippen LogP contribution in [0.15, 0.2) is 35.5 Å². The standard InChI is InChI=1S/C29H45FO5/c1-6-35-26(34)27(2,3)25(33)13-15-29(5,30)24-12-11-23-20(8-7-14-28(23,24)4)10-9-19-16-21(31)18-22(32)17-19/h9-10,13,15,21-25,31-33H,6-8,11-12,14,16-18H2,1-5H3/b15-13+,20-10+/t21-,22-,23+,24+,25+,28+,29+/m1/s1. The number of esters is 1. The number of hydrogen-bond donors (Lipinski definition) is 3. The monoisotopic (exact) mass is 492 g/mol. The zero-order valence-electron chi connectivity index (χ0n) is 22.1. The summed E-state index contributed by atoms with van der Waals surface area (Å²) in [6.07, 6.45) is 11.3. The van der Waals surface area contributed by atoms with Gasteiger partial charge in [0.2, 0.25) is 0 Å². The second-order valence-corrected chi connectivity index (χ2v) is 12.0. The molecule has 5 nitrogen and oxygen atoms in total. The summed E-state index contributed by atoms with van der Waals surface area (Å²) >= 11 is 0. The van der Waals surface area contributed by atoms with Gasteiger partial charge in [0.1, 0.15) is 5.67 Å².